The van der Waals surface area contributed by atoms with Crippen LogP contribution in [0.5, 0.6) is 11.8 Å². The van der Waals surface area contributed by atoms with E-state index in [2.05, 4.69) is 20.4 Å². The molecule has 0 radical (unpaired) electrons. The number of alkyl halides is 3. The summed E-state index contributed by atoms with van der Waals surface area (Å²) in [4.78, 5) is 33.2. The monoisotopic (exact) mass is 548 g/mol. The quantitative estimate of drug-likeness (QED) is 0.324. The number of amides is 1. The molecule has 200 valence electrons. The van der Waals surface area contributed by atoms with Gasteiger partial charge in [0.1, 0.15) is 12.2 Å². The molecule has 2 N–H and O–H groups in total. The van der Waals surface area contributed by atoms with E-state index in [1.54, 1.807) is 13.8 Å². The van der Waals surface area contributed by atoms with E-state index in [1.807, 2.05) is 0 Å². The number of hydrogen-bond donors (Lipinski definition) is 2. The number of aliphatic hydroxyl groups excluding tert-OH is 1. The van der Waals surface area contributed by atoms with Crippen molar-refractivity contribution in [1.82, 2.24) is 24.3 Å². The van der Waals surface area contributed by atoms with Gasteiger partial charge in [0.25, 0.3) is 5.91 Å². The van der Waals surface area contributed by atoms with Crippen LogP contribution in [0, 0.1) is 12.7 Å². The Morgan fingerprint density at radius 2 is 1.97 bits per heavy atom. The molecule has 3 aromatic heterocycles. The molecular formula is C21H21ClF4N6O5. The Bertz CT molecular complexity index is 1370. The van der Waals surface area contributed by atoms with Crippen LogP contribution in [-0.4, -0.2) is 54.7 Å². The number of carbonyl (C=O) groups excluding carboxylic acids is 1. The number of methoxy groups -OCH3 is 1. The molecule has 0 aromatic carbocycles. The minimum absolute atomic E-state index is 0.0164. The number of aliphatic hydroxyl groups is 1. The number of hydrogen-bond acceptors (Lipinski definition) is 8. The number of carbonyl (C=O) groups is 1. The van der Waals surface area contributed by atoms with Gasteiger partial charge in [-0.05, 0) is 32.4 Å². The summed E-state index contributed by atoms with van der Waals surface area (Å²) < 4.78 is 66.2. The van der Waals surface area contributed by atoms with Crippen LogP contribution in [0.25, 0.3) is 5.82 Å². The van der Waals surface area contributed by atoms with E-state index < -0.39 is 53.6 Å². The molecule has 0 aliphatic rings. The largest absolute Gasteiger partial charge is 0.481 e. The molecular weight excluding hydrogens is 528 g/mol. The van der Waals surface area contributed by atoms with E-state index in [9.17, 15) is 27.9 Å². The number of halogens is 5. The Morgan fingerprint density at radius 3 is 2.49 bits per heavy atom. The van der Waals surface area contributed by atoms with E-state index in [0.717, 1.165) is 4.57 Å². The van der Waals surface area contributed by atoms with Gasteiger partial charge in [0, 0.05) is 12.6 Å². The average Bonchev–Trinajstić information content (AvgIpc) is 3.16. The highest BCUT2D eigenvalue weighted by Crippen LogP contribution is 2.31. The van der Waals surface area contributed by atoms with Crippen molar-refractivity contribution >= 4 is 23.2 Å². The van der Waals surface area contributed by atoms with Crippen molar-refractivity contribution in [2.75, 3.05) is 12.4 Å². The second-order valence-corrected chi connectivity index (χ2v) is 7.92. The van der Waals surface area contributed by atoms with Crippen LogP contribution in [0.2, 0.25) is 5.15 Å². The first-order valence-electron chi connectivity index (χ1n) is 10.6. The molecule has 3 heterocycles. The van der Waals surface area contributed by atoms with Crippen LogP contribution in [0.15, 0.2) is 16.9 Å². The minimum Gasteiger partial charge on any atom is -0.481 e. The number of anilines is 1. The Balaban J connectivity index is 2.14. The predicted octanol–water partition coefficient (Wildman–Crippen LogP) is 3.03. The van der Waals surface area contributed by atoms with E-state index in [-0.39, 0.29) is 29.1 Å². The van der Waals surface area contributed by atoms with Gasteiger partial charge in [0.15, 0.2) is 28.7 Å². The zero-order valence-electron chi connectivity index (χ0n) is 19.9. The van der Waals surface area contributed by atoms with Crippen molar-refractivity contribution in [3.8, 4) is 17.6 Å². The first-order valence-corrected chi connectivity index (χ1v) is 11.0. The fourth-order valence-electron chi connectivity index (χ4n) is 3.15. The molecule has 0 saturated carbocycles. The maximum atomic E-state index is 15.1. The summed E-state index contributed by atoms with van der Waals surface area (Å²) in [7, 11) is 1.34. The number of nitrogens with one attached hydrogen (secondary N) is 1. The van der Waals surface area contributed by atoms with Gasteiger partial charge in [0.2, 0.25) is 11.8 Å². The highest BCUT2D eigenvalue weighted by molar-refractivity contribution is 6.33. The third-order valence-corrected chi connectivity index (χ3v) is 5.38. The molecule has 3 aromatic rings. The molecule has 3 rings (SSSR count). The SMILES string of the molecule is CCn1c(CO)nn(-c2nc(O[C@@H](C)C(F)(F)F)c(C(=O)Nc3c(C)cc(OC)nc3Cl)cc2F)c1=O. The second kappa shape index (κ2) is 10.7. The molecule has 0 spiro atoms. The molecule has 16 heteroatoms. The Morgan fingerprint density at radius 1 is 1.30 bits per heavy atom. The molecule has 37 heavy (non-hydrogen) atoms. The summed E-state index contributed by atoms with van der Waals surface area (Å²) in [6.45, 7) is 3.14. The van der Waals surface area contributed by atoms with Gasteiger partial charge in [-0.15, -0.1) is 5.10 Å². The molecule has 0 fully saturated rings. The zero-order chi connectivity index (χ0) is 27.7. The van der Waals surface area contributed by atoms with Gasteiger partial charge in [-0.2, -0.15) is 27.8 Å². The van der Waals surface area contributed by atoms with Crippen LogP contribution < -0.4 is 20.5 Å². The summed E-state index contributed by atoms with van der Waals surface area (Å²) in [5.74, 6) is -4.17. The lowest BCUT2D eigenvalue weighted by molar-refractivity contribution is -0.190. The van der Waals surface area contributed by atoms with E-state index in [0.29, 0.717) is 23.2 Å². The summed E-state index contributed by atoms with van der Waals surface area (Å²) in [5, 5.41) is 15.4. The molecule has 0 aliphatic heterocycles. The summed E-state index contributed by atoms with van der Waals surface area (Å²) in [6.07, 6.45) is -7.33. The summed E-state index contributed by atoms with van der Waals surface area (Å²) >= 11 is 6.08. The van der Waals surface area contributed by atoms with Crippen LogP contribution in [0.3, 0.4) is 0 Å². The van der Waals surface area contributed by atoms with Gasteiger partial charge >= 0.3 is 11.9 Å². The van der Waals surface area contributed by atoms with Crippen LogP contribution in [0.1, 0.15) is 35.6 Å². The maximum Gasteiger partial charge on any atom is 0.425 e. The predicted molar refractivity (Wildman–Crippen MR) is 122 cm³/mol. The van der Waals surface area contributed by atoms with Gasteiger partial charge in [-0.1, -0.05) is 11.6 Å². The first-order chi connectivity index (χ1) is 17.3. The fraction of sp³-hybridized carbons (Fsp3) is 0.381. The normalized spacial score (nSPS) is 12.4. The van der Waals surface area contributed by atoms with Crippen molar-refractivity contribution in [3.05, 3.63) is 50.5 Å². The van der Waals surface area contributed by atoms with Crippen molar-refractivity contribution in [1.29, 1.82) is 0 Å². The summed E-state index contributed by atoms with van der Waals surface area (Å²) in [6, 6.07) is 1.98. The van der Waals surface area contributed by atoms with Gasteiger partial charge in [-0.3, -0.25) is 9.36 Å². The number of pyridine rings is 2. The van der Waals surface area contributed by atoms with Crippen molar-refractivity contribution in [2.24, 2.45) is 0 Å². The number of rotatable bonds is 8. The Labute approximate surface area is 211 Å². The number of nitrogens with zero attached hydrogens (tertiary/aromatic N) is 5. The van der Waals surface area contributed by atoms with E-state index >= 15 is 4.39 Å². The van der Waals surface area contributed by atoms with Gasteiger partial charge in [0.05, 0.1) is 12.8 Å². The molecule has 0 bridgehead atoms. The topological polar surface area (TPSA) is 133 Å². The van der Waals surface area contributed by atoms with Gasteiger partial charge < -0.3 is 19.9 Å². The molecule has 11 nitrogen and oxygen atoms in total. The average molecular weight is 549 g/mol. The maximum absolute atomic E-state index is 15.1. The second-order valence-electron chi connectivity index (χ2n) is 7.56. The van der Waals surface area contributed by atoms with E-state index in [1.165, 1.54) is 13.2 Å². The molecule has 0 aliphatic carbocycles. The third-order valence-electron chi connectivity index (χ3n) is 5.11. The number of aromatic nitrogens is 5. The highest BCUT2D eigenvalue weighted by Gasteiger charge is 2.39. The molecule has 0 unspecified atom stereocenters. The standard InChI is InChI=1S/C21H21ClF4N6O5/c1-5-31-13(8-33)30-32(20(31)35)17-12(23)7-11(19(29-17)37-10(3)21(24,25)26)18(34)28-15-9(2)6-14(36-4)27-16(15)22/h6-7,10,33H,5,8H2,1-4H3,(H,28,34)/t10-/m0/s1. The van der Waals surface area contributed by atoms with Crippen LogP contribution in [-0.2, 0) is 13.2 Å². The van der Waals surface area contributed by atoms with Crippen molar-refractivity contribution < 1.29 is 36.9 Å². The lowest BCUT2D eigenvalue weighted by Gasteiger charge is -2.19. The Kier molecular flexibility index (Phi) is 8.07. The highest BCUT2D eigenvalue weighted by atomic mass is 35.5. The van der Waals surface area contributed by atoms with Crippen LogP contribution >= 0.6 is 11.6 Å². The Hall–Kier alpha value is -3.72. The first kappa shape index (κ1) is 27.9. The number of aryl methyl sites for hydroxylation is 1. The number of ether oxygens (including phenoxy) is 2. The molecule has 1 atom stereocenters. The lowest BCUT2D eigenvalue weighted by atomic mass is 10.2. The van der Waals surface area contributed by atoms with Gasteiger partial charge in [-0.25, -0.2) is 9.18 Å². The van der Waals surface area contributed by atoms with Crippen molar-refractivity contribution in [3.63, 3.8) is 0 Å². The fourth-order valence-corrected chi connectivity index (χ4v) is 3.43. The van der Waals surface area contributed by atoms with E-state index in [4.69, 9.17) is 21.1 Å². The minimum atomic E-state index is -4.87. The molecule has 0 saturated heterocycles. The zero-order valence-corrected chi connectivity index (χ0v) is 20.6. The molecule has 1 amide bonds. The lowest BCUT2D eigenvalue weighted by Crippen LogP contribution is -2.33. The third kappa shape index (κ3) is 5.67. The van der Waals surface area contributed by atoms with Crippen molar-refractivity contribution in [2.45, 2.75) is 46.2 Å². The summed E-state index contributed by atoms with van der Waals surface area (Å²) in [5.41, 5.74) is -1.28. The smallest absolute Gasteiger partial charge is 0.425 e. The van der Waals surface area contributed by atoms with Crippen LogP contribution in [0.4, 0.5) is 23.2 Å².